The number of benzene rings is 2. The fourth-order valence-corrected chi connectivity index (χ4v) is 2.20. The van der Waals surface area contributed by atoms with Crippen molar-refractivity contribution in [3.63, 3.8) is 0 Å². The Bertz CT molecular complexity index is 758. The minimum absolute atomic E-state index is 0.106. The number of hydrazone groups is 1. The molecule has 1 amide bonds. The lowest BCUT2D eigenvalue weighted by Gasteiger charge is -2.24. The van der Waals surface area contributed by atoms with Crippen molar-refractivity contribution in [1.29, 1.82) is 0 Å². The van der Waals surface area contributed by atoms with Crippen molar-refractivity contribution >= 4 is 11.6 Å². The molecule has 23 heavy (non-hydrogen) atoms. The van der Waals surface area contributed by atoms with E-state index in [4.69, 9.17) is 9.47 Å². The maximum Gasteiger partial charge on any atom is 0.284 e. The van der Waals surface area contributed by atoms with Gasteiger partial charge in [-0.2, -0.15) is 5.10 Å². The number of fused-ring (bicyclic) bond motifs is 1. The van der Waals surface area contributed by atoms with Crippen molar-refractivity contribution in [1.82, 2.24) is 5.43 Å². The van der Waals surface area contributed by atoms with Crippen LogP contribution >= 0.6 is 0 Å². The molecule has 0 aliphatic carbocycles. The molecule has 2 N–H and O–H groups in total. The Hall–Kier alpha value is -3.02. The van der Waals surface area contributed by atoms with Gasteiger partial charge in [0, 0.05) is 5.56 Å². The second-order valence-corrected chi connectivity index (χ2v) is 5.05. The van der Waals surface area contributed by atoms with E-state index in [1.54, 1.807) is 43.3 Å². The third-order valence-corrected chi connectivity index (χ3v) is 3.43. The molecule has 6 nitrogen and oxygen atoms in total. The van der Waals surface area contributed by atoms with Gasteiger partial charge in [-0.25, -0.2) is 5.43 Å². The molecule has 0 fully saturated rings. The second-order valence-electron chi connectivity index (χ2n) is 5.05. The predicted octanol–water partition coefficient (Wildman–Crippen LogP) is 2.07. The zero-order valence-electron chi connectivity index (χ0n) is 12.5. The quantitative estimate of drug-likeness (QED) is 0.671. The van der Waals surface area contributed by atoms with Crippen LogP contribution in [0.15, 0.2) is 53.6 Å². The van der Waals surface area contributed by atoms with E-state index in [1.807, 2.05) is 12.1 Å². The molecule has 0 saturated heterocycles. The third kappa shape index (κ3) is 3.26. The number of hydrogen-bond donors (Lipinski definition) is 2. The molecule has 2 aromatic carbocycles. The van der Waals surface area contributed by atoms with Crippen molar-refractivity contribution < 1.29 is 19.4 Å². The normalized spacial score (nSPS) is 16.7. The third-order valence-electron chi connectivity index (χ3n) is 3.43. The average Bonchev–Trinajstić information content (AvgIpc) is 2.59. The summed E-state index contributed by atoms with van der Waals surface area (Å²) in [6.45, 7) is 1.82. The van der Waals surface area contributed by atoms with Crippen LogP contribution < -0.4 is 14.9 Å². The van der Waals surface area contributed by atoms with Crippen molar-refractivity contribution in [3.05, 3.63) is 54.1 Å². The second kappa shape index (κ2) is 6.39. The highest BCUT2D eigenvalue weighted by molar-refractivity contribution is 6.01. The Balaban J connectivity index is 1.66. The van der Waals surface area contributed by atoms with Gasteiger partial charge in [-0.15, -0.1) is 0 Å². The van der Waals surface area contributed by atoms with E-state index < -0.39 is 12.0 Å². The molecule has 1 atom stereocenters. The zero-order valence-corrected chi connectivity index (χ0v) is 12.5. The molecule has 1 aliphatic heterocycles. The number of phenolic OH excluding ortho intramolecular Hbond substituents is 1. The van der Waals surface area contributed by atoms with Crippen LogP contribution in [0.25, 0.3) is 0 Å². The van der Waals surface area contributed by atoms with Gasteiger partial charge < -0.3 is 14.6 Å². The van der Waals surface area contributed by atoms with Crippen LogP contribution in [0.4, 0.5) is 0 Å². The SMILES string of the molecule is C/C(=N\NC(=O)[C@@H]1COc2ccccc2O1)c1ccccc1O. The number of aromatic hydroxyl groups is 1. The van der Waals surface area contributed by atoms with Gasteiger partial charge in [-0.3, -0.25) is 4.79 Å². The molecule has 6 heteroatoms. The van der Waals surface area contributed by atoms with Gasteiger partial charge in [-0.1, -0.05) is 24.3 Å². The van der Waals surface area contributed by atoms with Crippen LogP contribution in [0, 0.1) is 0 Å². The number of ether oxygens (including phenoxy) is 2. The zero-order chi connectivity index (χ0) is 16.2. The fraction of sp³-hybridized carbons (Fsp3) is 0.176. The average molecular weight is 312 g/mol. The maximum absolute atomic E-state index is 12.1. The van der Waals surface area contributed by atoms with E-state index in [-0.39, 0.29) is 12.4 Å². The molecule has 0 unspecified atom stereocenters. The summed E-state index contributed by atoms with van der Waals surface area (Å²) in [6.07, 6.45) is -0.772. The molecule has 0 radical (unpaired) electrons. The van der Waals surface area contributed by atoms with Gasteiger partial charge in [0.1, 0.15) is 12.4 Å². The van der Waals surface area contributed by atoms with E-state index in [2.05, 4.69) is 10.5 Å². The number of amides is 1. The highest BCUT2D eigenvalue weighted by atomic mass is 16.6. The number of rotatable bonds is 3. The molecule has 0 spiro atoms. The molecule has 3 rings (SSSR count). The first kappa shape index (κ1) is 14.9. The summed E-state index contributed by atoms with van der Waals surface area (Å²) in [7, 11) is 0. The lowest BCUT2D eigenvalue weighted by Crippen LogP contribution is -2.42. The molecular formula is C17H16N2O4. The lowest BCUT2D eigenvalue weighted by molar-refractivity contribution is -0.130. The molecular weight excluding hydrogens is 296 g/mol. The van der Waals surface area contributed by atoms with Gasteiger partial charge in [0.2, 0.25) is 6.10 Å². The number of carbonyl (C=O) groups is 1. The number of carbonyl (C=O) groups excluding carboxylic acids is 1. The lowest BCUT2D eigenvalue weighted by atomic mass is 10.1. The van der Waals surface area contributed by atoms with Crippen LogP contribution in [-0.4, -0.2) is 29.4 Å². The predicted molar refractivity (Wildman–Crippen MR) is 84.8 cm³/mol. The fourth-order valence-electron chi connectivity index (χ4n) is 2.20. The topological polar surface area (TPSA) is 80.2 Å². The highest BCUT2D eigenvalue weighted by Crippen LogP contribution is 2.30. The van der Waals surface area contributed by atoms with Crippen molar-refractivity contribution in [3.8, 4) is 17.2 Å². The van der Waals surface area contributed by atoms with Crippen molar-refractivity contribution in [2.45, 2.75) is 13.0 Å². The molecule has 1 aliphatic rings. The number of nitrogens with one attached hydrogen (secondary N) is 1. The minimum Gasteiger partial charge on any atom is -0.507 e. The van der Waals surface area contributed by atoms with Crippen LogP contribution in [0.5, 0.6) is 17.2 Å². The molecule has 0 bridgehead atoms. The van der Waals surface area contributed by atoms with E-state index in [9.17, 15) is 9.90 Å². The standard InChI is InChI=1S/C17H16N2O4/c1-11(12-6-2-3-7-13(12)20)18-19-17(21)16-10-22-14-8-4-5-9-15(14)23-16/h2-9,16,20H,10H2,1H3,(H,19,21)/b18-11+/t16-/m0/s1. The smallest absolute Gasteiger partial charge is 0.284 e. The van der Waals surface area contributed by atoms with E-state index >= 15 is 0 Å². The van der Waals surface area contributed by atoms with Gasteiger partial charge in [0.25, 0.3) is 5.91 Å². The van der Waals surface area contributed by atoms with E-state index in [0.717, 1.165) is 0 Å². The van der Waals surface area contributed by atoms with Crippen LogP contribution in [-0.2, 0) is 4.79 Å². The number of para-hydroxylation sites is 3. The summed E-state index contributed by atoms with van der Waals surface area (Å²) in [5.74, 6) is 0.842. The number of nitrogens with zero attached hydrogens (tertiary/aromatic N) is 1. The highest BCUT2D eigenvalue weighted by Gasteiger charge is 2.27. The van der Waals surface area contributed by atoms with Gasteiger partial charge >= 0.3 is 0 Å². The summed E-state index contributed by atoms with van der Waals surface area (Å²) < 4.78 is 11.1. The number of phenols is 1. The summed E-state index contributed by atoms with van der Waals surface area (Å²) in [6, 6.07) is 13.9. The summed E-state index contributed by atoms with van der Waals surface area (Å²) >= 11 is 0. The molecule has 1 heterocycles. The Morgan fingerprint density at radius 1 is 1.17 bits per heavy atom. The first-order chi connectivity index (χ1) is 11.1. The van der Waals surface area contributed by atoms with Crippen molar-refractivity contribution in [2.24, 2.45) is 5.10 Å². The Morgan fingerprint density at radius 3 is 2.65 bits per heavy atom. The Labute approximate surface area is 133 Å². The van der Waals surface area contributed by atoms with Crippen LogP contribution in [0.1, 0.15) is 12.5 Å². The summed E-state index contributed by atoms with van der Waals surface area (Å²) in [4.78, 5) is 12.1. The molecule has 118 valence electrons. The molecule has 2 aromatic rings. The van der Waals surface area contributed by atoms with Gasteiger partial charge in [0.05, 0.1) is 5.71 Å². The molecule has 0 saturated carbocycles. The van der Waals surface area contributed by atoms with Gasteiger partial charge in [0.15, 0.2) is 11.5 Å². The van der Waals surface area contributed by atoms with Crippen LogP contribution in [0.3, 0.4) is 0 Å². The summed E-state index contributed by atoms with van der Waals surface area (Å²) in [5.41, 5.74) is 3.49. The number of hydrogen-bond acceptors (Lipinski definition) is 5. The first-order valence-electron chi connectivity index (χ1n) is 7.16. The first-order valence-corrected chi connectivity index (χ1v) is 7.16. The monoisotopic (exact) mass is 312 g/mol. The summed E-state index contributed by atoms with van der Waals surface area (Å²) in [5, 5.41) is 13.8. The van der Waals surface area contributed by atoms with E-state index in [0.29, 0.717) is 22.8 Å². The Morgan fingerprint density at radius 2 is 1.87 bits per heavy atom. The molecule has 0 aromatic heterocycles. The largest absolute Gasteiger partial charge is 0.507 e. The van der Waals surface area contributed by atoms with E-state index in [1.165, 1.54) is 0 Å². The minimum atomic E-state index is -0.772. The van der Waals surface area contributed by atoms with Crippen molar-refractivity contribution in [2.75, 3.05) is 6.61 Å². The Kier molecular flexibility index (Phi) is 4.14. The van der Waals surface area contributed by atoms with Crippen LogP contribution in [0.2, 0.25) is 0 Å². The van der Waals surface area contributed by atoms with Gasteiger partial charge in [-0.05, 0) is 31.2 Å². The maximum atomic E-state index is 12.1.